The van der Waals surface area contributed by atoms with Crippen LogP contribution in [0.3, 0.4) is 0 Å². The molecule has 0 aliphatic rings. The number of carbonyl (C=O) groups is 1. The molecule has 0 fully saturated rings. The first-order valence-corrected chi connectivity index (χ1v) is 8.04. The van der Waals surface area contributed by atoms with E-state index in [0.717, 1.165) is 27.7 Å². The second-order valence-corrected chi connectivity index (χ2v) is 5.86. The number of hydrogen-bond donors (Lipinski definition) is 2. The van der Waals surface area contributed by atoms with Gasteiger partial charge in [0.05, 0.1) is 24.5 Å². The number of amides is 1. The van der Waals surface area contributed by atoms with Gasteiger partial charge in [-0.05, 0) is 25.3 Å². The van der Waals surface area contributed by atoms with Gasteiger partial charge in [0.15, 0.2) is 0 Å². The first-order valence-electron chi connectivity index (χ1n) is 8.04. The third kappa shape index (κ3) is 3.03. The maximum absolute atomic E-state index is 11.7. The molecular formula is C19H21N3O2. The summed E-state index contributed by atoms with van der Waals surface area (Å²) in [5, 5.41) is 18.6. The minimum absolute atomic E-state index is 0.112. The number of aromatic nitrogens is 2. The van der Waals surface area contributed by atoms with Gasteiger partial charge in [-0.2, -0.15) is 5.10 Å². The van der Waals surface area contributed by atoms with Crippen molar-refractivity contribution in [1.29, 1.82) is 0 Å². The Morgan fingerprint density at radius 3 is 2.79 bits per heavy atom. The number of fused-ring (bicyclic) bond motifs is 1. The maximum Gasteiger partial charge on any atom is 0.222 e. The van der Waals surface area contributed by atoms with E-state index in [9.17, 15) is 4.79 Å². The van der Waals surface area contributed by atoms with Crippen LogP contribution >= 0.6 is 0 Å². The van der Waals surface area contributed by atoms with E-state index in [1.807, 2.05) is 42.8 Å². The molecule has 0 spiro atoms. The summed E-state index contributed by atoms with van der Waals surface area (Å²) < 4.78 is 1.91. The van der Waals surface area contributed by atoms with Crippen molar-refractivity contribution in [2.75, 3.05) is 6.61 Å². The lowest BCUT2D eigenvalue weighted by Gasteiger charge is -2.14. The second kappa shape index (κ2) is 6.84. The molecule has 124 valence electrons. The van der Waals surface area contributed by atoms with Crippen molar-refractivity contribution in [3.05, 3.63) is 59.9 Å². The number of benzene rings is 2. The molecule has 2 N–H and O–H groups in total. The fraction of sp³-hybridized carbons (Fsp3) is 0.263. The summed E-state index contributed by atoms with van der Waals surface area (Å²) in [5.41, 5.74) is 2.98. The molecule has 1 aromatic heterocycles. The summed E-state index contributed by atoms with van der Waals surface area (Å²) in [6, 6.07) is 14.2. The van der Waals surface area contributed by atoms with Crippen LogP contribution in [0, 0.1) is 6.92 Å². The zero-order valence-electron chi connectivity index (χ0n) is 13.9. The average Bonchev–Trinajstić information content (AvgIpc) is 2.96. The summed E-state index contributed by atoms with van der Waals surface area (Å²) >= 11 is 0. The van der Waals surface area contributed by atoms with Crippen LogP contribution in [-0.4, -0.2) is 27.4 Å². The Morgan fingerprint density at radius 1 is 1.25 bits per heavy atom. The van der Waals surface area contributed by atoms with E-state index in [-0.39, 0.29) is 25.0 Å². The molecular weight excluding hydrogens is 302 g/mol. The van der Waals surface area contributed by atoms with Crippen LogP contribution in [0.15, 0.2) is 48.7 Å². The minimum atomic E-state index is -0.165. The Hall–Kier alpha value is -2.66. The number of rotatable bonds is 5. The lowest BCUT2D eigenvalue weighted by Crippen LogP contribution is -2.27. The van der Waals surface area contributed by atoms with Crippen LogP contribution in [-0.2, 0) is 4.79 Å². The molecule has 0 radical (unpaired) electrons. The topological polar surface area (TPSA) is 67.2 Å². The lowest BCUT2D eigenvalue weighted by molar-refractivity contribution is -0.122. The van der Waals surface area contributed by atoms with Crippen LogP contribution in [0.2, 0.25) is 0 Å². The molecule has 5 heteroatoms. The van der Waals surface area contributed by atoms with Gasteiger partial charge in [-0.3, -0.25) is 4.79 Å². The summed E-state index contributed by atoms with van der Waals surface area (Å²) in [5.74, 6) is -0.165. The van der Waals surface area contributed by atoms with E-state index < -0.39 is 0 Å². The van der Waals surface area contributed by atoms with Crippen molar-refractivity contribution in [3.63, 3.8) is 0 Å². The number of hydrogen-bond acceptors (Lipinski definition) is 3. The number of aliphatic hydroxyl groups is 1. The lowest BCUT2D eigenvalue weighted by atomic mass is 10.1. The van der Waals surface area contributed by atoms with Crippen molar-refractivity contribution in [3.8, 4) is 5.69 Å². The minimum Gasteiger partial charge on any atom is -0.396 e. The predicted octanol–water partition coefficient (Wildman–Crippen LogP) is 2.89. The Bertz CT molecular complexity index is 865. The molecule has 0 aliphatic heterocycles. The summed E-state index contributed by atoms with van der Waals surface area (Å²) in [7, 11) is 0. The SMILES string of the molecule is Cc1c([C@@H](C)NC(=O)CCO)cnn1-c1cccc2ccccc12. The van der Waals surface area contributed by atoms with Crippen LogP contribution < -0.4 is 5.32 Å². The van der Waals surface area contributed by atoms with Gasteiger partial charge in [0.2, 0.25) is 5.91 Å². The quantitative estimate of drug-likeness (QED) is 0.759. The van der Waals surface area contributed by atoms with Crippen molar-refractivity contribution in [2.45, 2.75) is 26.3 Å². The molecule has 24 heavy (non-hydrogen) atoms. The number of carbonyl (C=O) groups excluding carboxylic acids is 1. The molecule has 3 rings (SSSR count). The van der Waals surface area contributed by atoms with E-state index in [2.05, 4.69) is 28.6 Å². The maximum atomic E-state index is 11.7. The van der Waals surface area contributed by atoms with E-state index in [1.54, 1.807) is 6.20 Å². The molecule has 1 amide bonds. The Balaban J connectivity index is 1.96. The fourth-order valence-corrected chi connectivity index (χ4v) is 2.98. The van der Waals surface area contributed by atoms with E-state index in [4.69, 9.17) is 5.11 Å². The molecule has 1 heterocycles. The Kier molecular flexibility index (Phi) is 4.62. The number of nitrogens with one attached hydrogen (secondary N) is 1. The molecule has 3 aromatic rings. The van der Waals surface area contributed by atoms with Crippen LogP contribution in [0.5, 0.6) is 0 Å². The van der Waals surface area contributed by atoms with Gasteiger partial charge >= 0.3 is 0 Å². The van der Waals surface area contributed by atoms with E-state index in [0.29, 0.717) is 0 Å². The van der Waals surface area contributed by atoms with Crippen LogP contribution in [0.25, 0.3) is 16.5 Å². The molecule has 0 saturated carbocycles. The van der Waals surface area contributed by atoms with E-state index in [1.165, 1.54) is 0 Å². The highest BCUT2D eigenvalue weighted by atomic mass is 16.3. The fourth-order valence-electron chi connectivity index (χ4n) is 2.98. The molecule has 5 nitrogen and oxygen atoms in total. The average molecular weight is 323 g/mol. The molecule has 2 aromatic carbocycles. The zero-order valence-corrected chi connectivity index (χ0v) is 13.9. The Morgan fingerprint density at radius 2 is 2.00 bits per heavy atom. The first kappa shape index (κ1) is 16.2. The van der Waals surface area contributed by atoms with Crippen molar-refractivity contribution in [2.24, 2.45) is 0 Å². The molecule has 0 bridgehead atoms. The van der Waals surface area contributed by atoms with Gasteiger partial charge in [0.1, 0.15) is 0 Å². The van der Waals surface area contributed by atoms with Gasteiger partial charge in [-0.25, -0.2) is 4.68 Å². The van der Waals surface area contributed by atoms with Crippen molar-refractivity contribution < 1.29 is 9.90 Å². The first-order chi connectivity index (χ1) is 11.6. The molecule has 0 saturated heterocycles. The molecule has 1 atom stereocenters. The number of nitrogens with zero attached hydrogens (tertiary/aromatic N) is 2. The van der Waals surface area contributed by atoms with Gasteiger partial charge in [0, 0.05) is 23.1 Å². The number of aliphatic hydroxyl groups excluding tert-OH is 1. The molecule has 0 aliphatic carbocycles. The van der Waals surface area contributed by atoms with Gasteiger partial charge in [0.25, 0.3) is 0 Å². The van der Waals surface area contributed by atoms with Gasteiger partial charge in [-0.15, -0.1) is 0 Å². The predicted molar refractivity (Wildman–Crippen MR) is 94.1 cm³/mol. The smallest absolute Gasteiger partial charge is 0.222 e. The van der Waals surface area contributed by atoms with Crippen molar-refractivity contribution in [1.82, 2.24) is 15.1 Å². The monoisotopic (exact) mass is 323 g/mol. The zero-order chi connectivity index (χ0) is 17.1. The molecule has 0 unspecified atom stereocenters. The summed E-state index contributed by atoms with van der Waals surface area (Å²) in [4.78, 5) is 11.7. The highest BCUT2D eigenvalue weighted by Gasteiger charge is 2.17. The van der Waals surface area contributed by atoms with E-state index >= 15 is 0 Å². The Labute approximate surface area is 140 Å². The van der Waals surface area contributed by atoms with Crippen LogP contribution in [0.4, 0.5) is 0 Å². The second-order valence-electron chi connectivity index (χ2n) is 5.86. The van der Waals surface area contributed by atoms with Gasteiger partial charge in [-0.1, -0.05) is 36.4 Å². The highest BCUT2D eigenvalue weighted by Crippen LogP contribution is 2.25. The normalized spacial score (nSPS) is 12.3. The highest BCUT2D eigenvalue weighted by molar-refractivity contribution is 5.90. The third-order valence-electron chi connectivity index (χ3n) is 4.23. The largest absolute Gasteiger partial charge is 0.396 e. The third-order valence-corrected chi connectivity index (χ3v) is 4.23. The van der Waals surface area contributed by atoms with Crippen molar-refractivity contribution >= 4 is 16.7 Å². The van der Waals surface area contributed by atoms with Gasteiger partial charge < -0.3 is 10.4 Å². The standard InChI is InChI=1S/C19H21N3O2/c1-13(21-19(24)10-11-23)17-12-20-22(14(17)2)18-9-5-7-15-6-3-4-8-16(15)18/h3-9,12-13,23H,10-11H2,1-2H3,(H,21,24)/t13-/m1/s1. The summed E-state index contributed by atoms with van der Waals surface area (Å²) in [6.45, 7) is 3.78. The van der Waals surface area contributed by atoms with Crippen LogP contribution in [0.1, 0.15) is 30.6 Å². The summed E-state index contributed by atoms with van der Waals surface area (Å²) in [6.07, 6.45) is 1.90.